The Bertz CT molecular complexity index is 1210. The van der Waals surface area contributed by atoms with Crippen molar-refractivity contribution < 1.29 is 4.79 Å². The number of carbonyl (C=O) groups is 1. The van der Waals surface area contributed by atoms with Gasteiger partial charge in [0.1, 0.15) is 5.69 Å². The van der Waals surface area contributed by atoms with Crippen molar-refractivity contribution in [1.29, 1.82) is 0 Å². The number of hydrogen-bond donors (Lipinski definition) is 1. The third kappa shape index (κ3) is 4.09. The van der Waals surface area contributed by atoms with Crippen LogP contribution < -0.4 is 10.2 Å². The first-order valence-electron chi connectivity index (χ1n) is 10.8. The van der Waals surface area contributed by atoms with E-state index in [9.17, 15) is 4.79 Å². The van der Waals surface area contributed by atoms with E-state index in [2.05, 4.69) is 25.5 Å². The molecule has 4 aromatic rings. The predicted octanol–water partition coefficient (Wildman–Crippen LogP) is 4.40. The second-order valence-corrected chi connectivity index (χ2v) is 7.91. The summed E-state index contributed by atoms with van der Waals surface area (Å²) in [5.74, 6) is 0.728. The number of aromatic nitrogens is 4. The van der Waals surface area contributed by atoms with Crippen LogP contribution in [0.15, 0.2) is 72.8 Å². The molecule has 0 bridgehead atoms. The average Bonchev–Trinajstić information content (AvgIpc) is 3.51. The summed E-state index contributed by atoms with van der Waals surface area (Å²) in [6.07, 6.45) is 2.42. The number of anilines is 2. The largest absolute Gasteiger partial charge is 0.355 e. The number of aryl methyl sites for hydroxylation is 1. The van der Waals surface area contributed by atoms with Crippen LogP contribution in [-0.2, 0) is 7.05 Å². The Hall–Kier alpha value is -4.00. The molecular weight excluding hydrogens is 400 g/mol. The second kappa shape index (κ2) is 8.63. The Morgan fingerprint density at radius 3 is 2.25 bits per heavy atom. The summed E-state index contributed by atoms with van der Waals surface area (Å²) >= 11 is 0. The van der Waals surface area contributed by atoms with Crippen molar-refractivity contribution >= 4 is 17.4 Å². The van der Waals surface area contributed by atoms with E-state index >= 15 is 0 Å². The molecule has 32 heavy (non-hydrogen) atoms. The molecule has 0 spiro atoms. The zero-order valence-electron chi connectivity index (χ0n) is 17.9. The van der Waals surface area contributed by atoms with Gasteiger partial charge in [0.25, 0.3) is 5.91 Å². The van der Waals surface area contributed by atoms with Gasteiger partial charge < -0.3 is 10.2 Å². The highest BCUT2D eigenvalue weighted by Crippen LogP contribution is 2.23. The van der Waals surface area contributed by atoms with Crippen LogP contribution in [0.3, 0.4) is 0 Å². The van der Waals surface area contributed by atoms with Crippen molar-refractivity contribution in [3.05, 3.63) is 78.5 Å². The SMILES string of the molecule is Cn1nc(-c2ccccc2)cc1C(=O)Nc1ccc(-c2ccc(N3CCCC3)nn2)cc1. The molecule has 1 aliphatic rings. The van der Waals surface area contributed by atoms with E-state index in [-0.39, 0.29) is 5.91 Å². The number of nitrogens with one attached hydrogen (secondary N) is 1. The van der Waals surface area contributed by atoms with E-state index in [1.165, 1.54) is 12.8 Å². The molecule has 7 heteroatoms. The molecule has 2 aromatic carbocycles. The average molecular weight is 425 g/mol. The highest BCUT2D eigenvalue weighted by molar-refractivity contribution is 6.03. The minimum atomic E-state index is -0.204. The van der Waals surface area contributed by atoms with Crippen LogP contribution in [0.5, 0.6) is 0 Å². The van der Waals surface area contributed by atoms with Crippen LogP contribution in [-0.4, -0.2) is 39.0 Å². The van der Waals surface area contributed by atoms with Gasteiger partial charge in [-0.05, 0) is 43.2 Å². The summed E-state index contributed by atoms with van der Waals surface area (Å²) in [4.78, 5) is 15.1. The van der Waals surface area contributed by atoms with E-state index in [0.29, 0.717) is 11.4 Å². The molecular formula is C25H24N6O. The molecule has 0 saturated carbocycles. The van der Waals surface area contributed by atoms with Crippen LogP contribution in [0, 0.1) is 0 Å². The van der Waals surface area contributed by atoms with Gasteiger partial charge >= 0.3 is 0 Å². The predicted molar refractivity (Wildman–Crippen MR) is 126 cm³/mol. The molecule has 1 amide bonds. The lowest BCUT2D eigenvalue weighted by atomic mass is 10.1. The van der Waals surface area contributed by atoms with Crippen LogP contribution in [0.2, 0.25) is 0 Å². The number of carbonyl (C=O) groups excluding carboxylic acids is 1. The first kappa shape index (κ1) is 19.9. The molecule has 1 fully saturated rings. The standard InChI is InChI=1S/C25H24N6O/c1-30-23(17-22(29-30)18-7-3-2-4-8-18)25(32)26-20-11-9-19(10-12-20)21-13-14-24(28-27-21)31-15-5-6-16-31/h2-4,7-14,17H,5-6,15-16H2,1H3,(H,26,32). The van der Waals surface area contributed by atoms with Crippen LogP contribution in [0.4, 0.5) is 11.5 Å². The van der Waals surface area contributed by atoms with Crippen LogP contribution in [0.25, 0.3) is 22.5 Å². The Kier molecular flexibility index (Phi) is 5.37. The maximum Gasteiger partial charge on any atom is 0.273 e. The first-order chi connectivity index (χ1) is 15.7. The fourth-order valence-electron chi connectivity index (χ4n) is 3.94. The van der Waals surface area contributed by atoms with Crippen molar-refractivity contribution in [1.82, 2.24) is 20.0 Å². The number of rotatable bonds is 5. The van der Waals surface area contributed by atoms with Crippen molar-refractivity contribution in [3.63, 3.8) is 0 Å². The highest BCUT2D eigenvalue weighted by Gasteiger charge is 2.16. The monoisotopic (exact) mass is 424 g/mol. The third-order valence-corrected chi connectivity index (χ3v) is 5.70. The molecule has 0 atom stereocenters. The number of benzene rings is 2. The lowest BCUT2D eigenvalue weighted by molar-refractivity contribution is 0.101. The smallest absolute Gasteiger partial charge is 0.273 e. The summed E-state index contributed by atoms with van der Waals surface area (Å²) in [5.41, 5.74) is 4.72. The molecule has 1 aliphatic heterocycles. The van der Waals surface area contributed by atoms with E-state index in [0.717, 1.165) is 41.4 Å². The number of amides is 1. The summed E-state index contributed by atoms with van der Waals surface area (Å²) in [7, 11) is 1.77. The quantitative estimate of drug-likeness (QED) is 0.514. The topological polar surface area (TPSA) is 75.9 Å². The van der Waals surface area contributed by atoms with Gasteiger partial charge in [-0.15, -0.1) is 10.2 Å². The van der Waals surface area contributed by atoms with Gasteiger partial charge in [-0.3, -0.25) is 9.48 Å². The van der Waals surface area contributed by atoms with Crippen molar-refractivity contribution in [2.45, 2.75) is 12.8 Å². The molecule has 160 valence electrons. The van der Waals surface area contributed by atoms with Crippen molar-refractivity contribution in [2.75, 3.05) is 23.3 Å². The van der Waals surface area contributed by atoms with Gasteiger partial charge in [-0.25, -0.2) is 0 Å². The van der Waals surface area contributed by atoms with E-state index in [1.54, 1.807) is 17.8 Å². The van der Waals surface area contributed by atoms with Gasteiger partial charge in [0.15, 0.2) is 5.82 Å². The van der Waals surface area contributed by atoms with Gasteiger partial charge in [-0.2, -0.15) is 5.10 Å². The van der Waals surface area contributed by atoms with E-state index in [1.807, 2.05) is 66.7 Å². The number of hydrogen-bond acceptors (Lipinski definition) is 5. The normalized spacial score (nSPS) is 13.3. The first-order valence-corrected chi connectivity index (χ1v) is 10.8. The Morgan fingerprint density at radius 2 is 1.56 bits per heavy atom. The lowest BCUT2D eigenvalue weighted by Gasteiger charge is -2.15. The zero-order valence-corrected chi connectivity index (χ0v) is 17.9. The van der Waals surface area contributed by atoms with E-state index in [4.69, 9.17) is 0 Å². The van der Waals surface area contributed by atoms with Gasteiger partial charge in [0.05, 0.1) is 11.4 Å². The zero-order chi connectivity index (χ0) is 21.9. The van der Waals surface area contributed by atoms with E-state index < -0.39 is 0 Å². The van der Waals surface area contributed by atoms with Gasteiger partial charge in [-0.1, -0.05) is 42.5 Å². The molecule has 3 heterocycles. The van der Waals surface area contributed by atoms with Gasteiger partial charge in [0.2, 0.25) is 0 Å². The Balaban J connectivity index is 1.28. The van der Waals surface area contributed by atoms with Crippen molar-refractivity contribution in [2.24, 2.45) is 7.05 Å². The lowest BCUT2D eigenvalue weighted by Crippen LogP contribution is -2.19. The second-order valence-electron chi connectivity index (χ2n) is 7.91. The molecule has 1 N–H and O–H groups in total. The van der Waals surface area contributed by atoms with Crippen LogP contribution >= 0.6 is 0 Å². The number of nitrogens with zero attached hydrogens (tertiary/aromatic N) is 5. The molecule has 0 radical (unpaired) electrons. The maximum absolute atomic E-state index is 12.8. The molecule has 2 aromatic heterocycles. The fourth-order valence-corrected chi connectivity index (χ4v) is 3.94. The molecule has 0 aliphatic carbocycles. The Labute approximate surface area is 186 Å². The minimum absolute atomic E-state index is 0.204. The minimum Gasteiger partial charge on any atom is -0.355 e. The summed E-state index contributed by atoms with van der Waals surface area (Å²) in [5, 5.41) is 16.2. The Morgan fingerprint density at radius 1 is 0.844 bits per heavy atom. The summed E-state index contributed by atoms with van der Waals surface area (Å²) in [6, 6.07) is 23.3. The molecule has 0 unspecified atom stereocenters. The summed E-state index contributed by atoms with van der Waals surface area (Å²) < 4.78 is 1.60. The van der Waals surface area contributed by atoms with Gasteiger partial charge in [0, 0.05) is 37.0 Å². The fraction of sp³-hybridized carbons (Fsp3) is 0.200. The maximum atomic E-state index is 12.8. The molecule has 7 nitrogen and oxygen atoms in total. The molecule has 5 rings (SSSR count). The highest BCUT2D eigenvalue weighted by atomic mass is 16.2. The summed E-state index contributed by atoms with van der Waals surface area (Å²) in [6.45, 7) is 2.10. The molecule has 1 saturated heterocycles. The third-order valence-electron chi connectivity index (χ3n) is 5.70. The van der Waals surface area contributed by atoms with Crippen molar-refractivity contribution in [3.8, 4) is 22.5 Å². The van der Waals surface area contributed by atoms with Crippen LogP contribution in [0.1, 0.15) is 23.3 Å².